The first-order valence-corrected chi connectivity index (χ1v) is 8.46. The van der Waals surface area contributed by atoms with Crippen molar-refractivity contribution in [1.29, 1.82) is 0 Å². The summed E-state index contributed by atoms with van der Waals surface area (Å²) in [5.41, 5.74) is 1.61. The molecule has 3 nitrogen and oxygen atoms in total. The average molecular weight is 304 g/mol. The number of hydrogen-bond donors (Lipinski definition) is 0. The molecule has 0 fully saturated rings. The summed E-state index contributed by atoms with van der Waals surface area (Å²) in [7, 11) is -3.43. The fourth-order valence-electron chi connectivity index (χ4n) is 2.03. The van der Waals surface area contributed by atoms with Gasteiger partial charge in [0.15, 0.2) is 0 Å². The van der Waals surface area contributed by atoms with Crippen LogP contribution in [-0.2, 0) is 15.9 Å². The van der Waals surface area contributed by atoms with Gasteiger partial charge in [-0.05, 0) is 30.0 Å². The zero-order valence-electron chi connectivity index (χ0n) is 12.0. The first kappa shape index (κ1) is 16.5. The van der Waals surface area contributed by atoms with Gasteiger partial charge in [-0.25, -0.2) is 8.42 Å². The predicted octanol–water partition coefficient (Wildman–Crippen LogP) is 3.40. The van der Waals surface area contributed by atoms with Crippen LogP contribution in [0.15, 0.2) is 23.1 Å². The van der Waals surface area contributed by atoms with Crippen LogP contribution in [-0.4, -0.2) is 25.8 Å². The normalized spacial score (nSPS) is 12.4. The van der Waals surface area contributed by atoms with Crippen LogP contribution < -0.4 is 0 Å². The summed E-state index contributed by atoms with van der Waals surface area (Å²) in [6.07, 6.45) is 0. The molecule has 0 aromatic heterocycles. The van der Waals surface area contributed by atoms with E-state index in [1.54, 1.807) is 12.1 Å². The van der Waals surface area contributed by atoms with E-state index in [2.05, 4.69) is 0 Å². The Morgan fingerprint density at radius 1 is 1.32 bits per heavy atom. The van der Waals surface area contributed by atoms with Crippen LogP contribution in [0.5, 0.6) is 0 Å². The van der Waals surface area contributed by atoms with Gasteiger partial charge in [-0.15, -0.1) is 11.6 Å². The second kappa shape index (κ2) is 6.73. The monoisotopic (exact) mass is 303 g/mol. The van der Waals surface area contributed by atoms with Crippen LogP contribution in [0.4, 0.5) is 0 Å². The maximum absolute atomic E-state index is 12.7. The first-order chi connectivity index (χ1) is 8.84. The number of halogens is 1. The van der Waals surface area contributed by atoms with Crippen LogP contribution in [0, 0.1) is 12.8 Å². The van der Waals surface area contributed by atoms with Gasteiger partial charge in [0.25, 0.3) is 0 Å². The number of benzene rings is 1. The van der Waals surface area contributed by atoms with E-state index < -0.39 is 10.0 Å². The minimum atomic E-state index is -3.43. The fraction of sp³-hybridized carbons (Fsp3) is 0.571. The maximum atomic E-state index is 12.7. The smallest absolute Gasteiger partial charge is 0.207 e. The Morgan fingerprint density at radius 2 is 1.95 bits per heavy atom. The van der Waals surface area contributed by atoms with Gasteiger partial charge >= 0.3 is 0 Å². The van der Waals surface area contributed by atoms with E-state index in [1.165, 1.54) is 4.31 Å². The molecule has 5 heteroatoms. The lowest BCUT2D eigenvalue weighted by molar-refractivity contribution is 0.380. The lowest BCUT2D eigenvalue weighted by Gasteiger charge is -2.23. The number of alkyl halides is 1. The molecule has 108 valence electrons. The first-order valence-electron chi connectivity index (χ1n) is 6.49. The number of rotatable bonds is 6. The van der Waals surface area contributed by atoms with Gasteiger partial charge < -0.3 is 0 Å². The fourth-order valence-corrected chi connectivity index (χ4v) is 4.20. The second-order valence-electron chi connectivity index (χ2n) is 5.02. The van der Waals surface area contributed by atoms with Crippen LogP contribution in [0.25, 0.3) is 0 Å². The van der Waals surface area contributed by atoms with Gasteiger partial charge in [0.1, 0.15) is 0 Å². The highest BCUT2D eigenvalue weighted by molar-refractivity contribution is 7.89. The van der Waals surface area contributed by atoms with Crippen molar-refractivity contribution >= 4 is 21.6 Å². The molecule has 0 radical (unpaired) electrons. The molecule has 0 amide bonds. The lowest BCUT2D eigenvalue weighted by Crippen LogP contribution is -2.34. The van der Waals surface area contributed by atoms with Crippen molar-refractivity contribution in [3.05, 3.63) is 29.3 Å². The molecule has 0 aliphatic carbocycles. The van der Waals surface area contributed by atoms with Crippen molar-refractivity contribution in [2.45, 2.75) is 38.5 Å². The Kier molecular flexibility index (Phi) is 5.83. The molecule has 0 unspecified atom stereocenters. The zero-order chi connectivity index (χ0) is 14.6. The summed E-state index contributed by atoms with van der Waals surface area (Å²) in [6, 6.07) is 5.27. The largest absolute Gasteiger partial charge is 0.243 e. The quantitative estimate of drug-likeness (QED) is 0.755. The summed E-state index contributed by atoms with van der Waals surface area (Å²) in [4.78, 5) is 0.369. The highest BCUT2D eigenvalue weighted by atomic mass is 35.5. The molecular weight excluding hydrogens is 282 g/mol. The minimum absolute atomic E-state index is 0.297. The standard InChI is InChI=1S/C14H22ClNO2S/c1-5-16(10-11(2)3)19(17,18)14-8-6-7-13(9-15)12(14)4/h6-8,11H,5,9-10H2,1-4H3. The van der Waals surface area contributed by atoms with Crippen molar-refractivity contribution in [2.24, 2.45) is 5.92 Å². The summed E-state index contributed by atoms with van der Waals surface area (Å²) >= 11 is 5.84. The van der Waals surface area contributed by atoms with Gasteiger partial charge in [0, 0.05) is 19.0 Å². The molecule has 0 aliphatic rings. The van der Waals surface area contributed by atoms with E-state index in [-0.39, 0.29) is 0 Å². The van der Waals surface area contributed by atoms with E-state index in [0.29, 0.717) is 29.8 Å². The van der Waals surface area contributed by atoms with Gasteiger partial charge in [0.05, 0.1) is 4.90 Å². The molecule has 1 rings (SSSR count). The van der Waals surface area contributed by atoms with Crippen LogP contribution in [0.2, 0.25) is 0 Å². The summed E-state index contributed by atoms with van der Waals surface area (Å²) < 4.78 is 26.9. The molecule has 1 aromatic carbocycles. The third-order valence-electron chi connectivity index (χ3n) is 3.08. The van der Waals surface area contributed by atoms with Gasteiger partial charge in [-0.2, -0.15) is 4.31 Å². The molecule has 0 heterocycles. The molecule has 1 aromatic rings. The van der Waals surface area contributed by atoms with Crippen molar-refractivity contribution < 1.29 is 8.42 Å². The number of nitrogens with zero attached hydrogens (tertiary/aromatic N) is 1. The molecule has 0 N–H and O–H groups in total. The van der Waals surface area contributed by atoms with Crippen molar-refractivity contribution in [2.75, 3.05) is 13.1 Å². The van der Waals surface area contributed by atoms with Crippen LogP contribution in [0.3, 0.4) is 0 Å². The molecule has 0 bridgehead atoms. The van der Waals surface area contributed by atoms with E-state index in [4.69, 9.17) is 11.6 Å². The topological polar surface area (TPSA) is 37.4 Å². The maximum Gasteiger partial charge on any atom is 0.243 e. The Labute approximate surface area is 121 Å². The predicted molar refractivity (Wildman–Crippen MR) is 80.0 cm³/mol. The molecule has 0 saturated heterocycles. The zero-order valence-corrected chi connectivity index (χ0v) is 13.6. The summed E-state index contributed by atoms with van der Waals surface area (Å²) in [5, 5.41) is 0. The third-order valence-corrected chi connectivity index (χ3v) is 5.45. The van der Waals surface area contributed by atoms with Crippen LogP contribution in [0.1, 0.15) is 31.9 Å². The second-order valence-corrected chi connectivity index (χ2v) is 7.20. The summed E-state index contributed by atoms with van der Waals surface area (Å²) in [5.74, 6) is 0.622. The molecular formula is C14H22ClNO2S. The molecule has 0 atom stereocenters. The van der Waals surface area contributed by atoms with E-state index in [1.807, 2.05) is 33.8 Å². The highest BCUT2D eigenvalue weighted by Gasteiger charge is 2.25. The van der Waals surface area contributed by atoms with E-state index in [0.717, 1.165) is 11.1 Å². The Balaban J connectivity index is 3.26. The molecule has 0 spiro atoms. The number of hydrogen-bond acceptors (Lipinski definition) is 2. The minimum Gasteiger partial charge on any atom is -0.207 e. The Hall–Kier alpha value is -0.580. The van der Waals surface area contributed by atoms with E-state index >= 15 is 0 Å². The van der Waals surface area contributed by atoms with Crippen molar-refractivity contribution in [3.8, 4) is 0 Å². The SMILES string of the molecule is CCN(CC(C)C)S(=O)(=O)c1cccc(CCl)c1C. The average Bonchev–Trinajstić information content (AvgIpc) is 2.35. The Morgan fingerprint density at radius 3 is 2.42 bits per heavy atom. The lowest BCUT2D eigenvalue weighted by atomic mass is 10.1. The highest BCUT2D eigenvalue weighted by Crippen LogP contribution is 2.24. The van der Waals surface area contributed by atoms with Gasteiger partial charge in [0.2, 0.25) is 10.0 Å². The van der Waals surface area contributed by atoms with Gasteiger partial charge in [-0.1, -0.05) is 32.9 Å². The van der Waals surface area contributed by atoms with E-state index in [9.17, 15) is 8.42 Å². The van der Waals surface area contributed by atoms with Crippen molar-refractivity contribution in [3.63, 3.8) is 0 Å². The van der Waals surface area contributed by atoms with Gasteiger partial charge in [-0.3, -0.25) is 0 Å². The summed E-state index contributed by atoms with van der Waals surface area (Å²) in [6.45, 7) is 8.71. The van der Waals surface area contributed by atoms with Crippen LogP contribution >= 0.6 is 11.6 Å². The van der Waals surface area contributed by atoms with Crippen molar-refractivity contribution in [1.82, 2.24) is 4.31 Å². The molecule has 19 heavy (non-hydrogen) atoms. The molecule has 0 aliphatic heterocycles. The number of sulfonamides is 1. The third kappa shape index (κ3) is 3.71. The Bertz CT molecular complexity index is 526. The molecule has 0 saturated carbocycles.